The highest BCUT2D eigenvalue weighted by Crippen LogP contribution is 2.35. The summed E-state index contributed by atoms with van der Waals surface area (Å²) in [7, 11) is -1.53. The molecule has 0 unspecified atom stereocenters. The zero-order valence-corrected chi connectivity index (χ0v) is 16.7. The van der Waals surface area contributed by atoms with E-state index in [1.807, 2.05) is 6.92 Å². The second-order valence-corrected chi connectivity index (χ2v) is 7.61. The molecular formula is C18H20ClNO6S. The standard InChI is InChI=1S/C18H20ClNO6S/c1-4-26-14-6-8-15(9-7-14)27(22,23)20(12-18(21)25-3)16-11-13(19)5-10-17(16)24-2/h5-11H,4,12H2,1-3H3. The van der Waals surface area contributed by atoms with Crippen molar-refractivity contribution in [2.75, 3.05) is 31.7 Å². The van der Waals surface area contributed by atoms with Crippen LogP contribution in [0.25, 0.3) is 0 Å². The predicted octanol–water partition coefficient (Wildman–Crippen LogP) is 3.12. The van der Waals surface area contributed by atoms with Gasteiger partial charge in [-0.2, -0.15) is 0 Å². The first-order chi connectivity index (χ1) is 12.8. The Labute approximate surface area is 163 Å². The molecule has 0 fully saturated rings. The van der Waals surface area contributed by atoms with Crippen LogP contribution >= 0.6 is 11.6 Å². The summed E-state index contributed by atoms with van der Waals surface area (Å²) >= 11 is 6.03. The molecule has 0 saturated heterocycles. The van der Waals surface area contributed by atoms with Gasteiger partial charge in [0.2, 0.25) is 0 Å². The lowest BCUT2D eigenvalue weighted by atomic mass is 10.3. The topological polar surface area (TPSA) is 82.1 Å². The molecule has 9 heteroatoms. The fourth-order valence-corrected chi connectivity index (χ4v) is 3.92. The van der Waals surface area contributed by atoms with Gasteiger partial charge in [-0.25, -0.2) is 8.42 Å². The van der Waals surface area contributed by atoms with Gasteiger partial charge < -0.3 is 14.2 Å². The van der Waals surface area contributed by atoms with Gasteiger partial charge in [0.15, 0.2) is 0 Å². The maximum Gasteiger partial charge on any atom is 0.326 e. The monoisotopic (exact) mass is 413 g/mol. The number of carbonyl (C=O) groups excluding carboxylic acids is 1. The number of sulfonamides is 1. The highest BCUT2D eigenvalue weighted by atomic mass is 35.5. The van der Waals surface area contributed by atoms with E-state index < -0.39 is 22.5 Å². The molecule has 2 aromatic carbocycles. The Kier molecular flexibility index (Phi) is 6.92. The number of carbonyl (C=O) groups is 1. The van der Waals surface area contributed by atoms with Gasteiger partial charge in [-0.15, -0.1) is 0 Å². The van der Waals surface area contributed by atoms with E-state index >= 15 is 0 Å². The largest absolute Gasteiger partial charge is 0.495 e. The van der Waals surface area contributed by atoms with E-state index in [0.717, 1.165) is 4.31 Å². The van der Waals surface area contributed by atoms with Crippen molar-refractivity contribution in [1.29, 1.82) is 0 Å². The van der Waals surface area contributed by atoms with Gasteiger partial charge in [-0.1, -0.05) is 11.6 Å². The summed E-state index contributed by atoms with van der Waals surface area (Å²) < 4.78 is 42.5. The average Bonchev–Trinajstić information content (AvgIpc) is 2.66. The maximum absolute atomic E-state index is 13.2. The fourth-order valence-electron chi connectivity index (χ4n) is 2.34. The first-order valence-corrected chi connectivity index (χ1v) is 9.81. The second-order valence-electron chi connectivity index (χ2n) is 5.31. The van der Waals surface area contributed by atoms with Crippen LogP contribution in [0.2, 0.25) is 5.02 Å². The first kappa shape index (κ1) is 20.9. The fraction of sp³-hybridized carbons (Fsp3) is 0.278. The van der Waals surface area contributed by atoms with Crippen LogP contribution in [0.4, 0.5) is 5.69 Å². The van der Waals surface area contributed by atoms with Crippen LogP contribution in [0.3, 0.4) is 0 Å². The minimum absolute atomic E-state index is 0.0168. The molecule has 0 aromatic heterocycles. The number of rotatable bonds is 8. The maximum atomic E-state index is 13.2. The van der Waals surface area contributed by atoms with Crippen LogP contribution in [-0.4, -0.2) is 41.8 Å². The molecule has 0 heterocycles. The molecule has 0 amide bonds. The number of hydrogen-bond acceptors (Lipinski definition) is 6. The van der Waals surface area contributed by atoms with Gasteiger partial charge in [-0.3, -0.25) is 9.10 Å². The van der Waals surface area contributed by atoms with Crippen LogP contribution in [0.1, 0.15) is 6.92 Å². The first-order valence-electron chi connectivity index (χ1n) is 7.99. The summed E-state index contributed by atoms with van der Waals surface area (Å²) in [6.07, 6.45) is 0. The molecule has 146 valence electrons. The number of halogens is 1. The Morgan fingerprint density at radius 1 is 1.11 bits per heavy atom. The van der Waals surface area contributed by atoms with Gasteiger partial charge in [0.05, 0.1) is 31.4 Å². The van der Waals surface area contributed by atoms with Crippen molar-refractivity contribution in [3.63, 3.8) is 0 Å². The molecule has 7 nitrogen and oxygen atoms in total. The van der Waals surface area contributed by atoms with Crippen LogP contribution in [0, 0.1) is 0 Å². The highest BCUT2D eigenvalue weighted by molar-refractivity contribution is 7.92. The summed E-state index contributed by atoms with van der Waals surface area (Å²) in [5.41, 5.74) is 0.129. The summed E-state index contributed by atoms with van der Waals surface area (Å²) in [6.45, 7) is 1.75. The molecule has 0 aliphatic carbocycles. The molecule has 0 spiro atoms. The number of nitrogens with zero attached hydrogens (tertiary/aromatic N) is 1. The Bertz CT molecular complexity index is 899. The van der Waals surface area contributed by atoms with E-state index in [0.29, 0.717) is 17.4 Å². The Balaban J connectivity index is 2.55. The smallest absolute Gasteiger partial charge is 0.326 e. The Morgan fingerprint density at radius 3 is 2.33 bits per heavy atom. The normalized spacial score (nSPS) is 11.0. The molecule has 27 heavy (non-hydrogen) atoms. The van der Waals surface area contributed by atoms with Gasteiger partial charge >= 0.3 is 5.97 Å². The lowest BCUT2D eigenvalue weighted by Crippen LogP contribution is -2.36. The van der Waals surface area contributed by atoms with E-state index in [4.69, 9.17) is 21.1 Å². The number of methoxy groups -OCH3 is 2. The van der Waals surface area contributed by atoms with Crippen LogP contribution in [-0.2, 0) is 19.6 Å². The summed E-state index contributed by atoms with van der Waals surface area (Å²) in [5, 5.41) is 0.294. The summed E-state index contributed by atoms with van der Waals surface area (Å²) in [6, 6.07) is 10.4. The molecule has 0 N–H and O–H groups in total. The number of benzene rings is 2. The van der Waals surface area contributed by atoms with Crippen molar-refractivity contribution >= 4 is 33.3 Å². The zero-order chi connectivity index (χ0) is 20.0. The number of anilines is 1. The molecule has 0 bridgehead atoms. The third-order valence-electron chi connectivity index (χ3n) is 3.63. The van der Waals surface area contributed by atoms with Gasteiger partial charge in [0.1, 0.15) is 18.0 Å². The second kappa shape index (κ2) is 8.96. The Morgan fingerprint density at radius 2 is 1.78 bits per heavy atom. The van der Waals surface area contributed by atoms with Crippen LogP contribution in [0.15, 0.2) is 47.4 Å². The average molecular weight is 414 g/mol. The molecule has 2 aromatic rings. The molecule has 0 atom stereocenters. The molecular weight excluding hydrogens is 394 g/mol. The van der Waals surface area contributed by atoms with E-state index in [2.05, 4.69) is 4.74 Å². The van der Waals surface area contributed by atoms with Crippen molar-refractivity contribution in [2.24, 2.45) is 0 Å². The number of esters is 1. The zero-order valence-electron chi connectivity index (χ0n) is 15.1. The summed E-state index contributed by atoms with van der Waals surface area (Å²) in [4.78, 5) is 11.9. The van der Waals surface area contributed by atoms with Crippen molar-refractivity contribution < 1.29 is 27.4 Å². The van der Waals surface area contributed by atoms with Gasteiger partial charge in [0.25, 0.3) is 10.0 Å². The van der Waals surface area contributed by atoms with E-state index in [-0.39, 0.29) is 16.3 Å². The van der Waals surface area contributed by atoms with Crippen molar-refractivity contribution in [3.05, 3.63) is 47.5 Å². The molecule has 0 radical (unpaired) electrons. The van der Waals surface area contributed by atoms with E-state index in [1.165, 1.54) is 38.5 Å². The van der Waals surface area contributed by atoms with Crippen LogP contribution in [0.5, 0.6) is 11.5 Å². The van der Waals surface area contributed by atoms with Crippen molar-refractivity contribution in [1.82, 2.24) is 0 Å². The summed E-state index contributed by atoms with van der Waals surface area (Å²) in [5.74, 6) is 0.0562. The number of ether oxygens (including phenoxy) is 3. The quantitative estimate of drug-likeness (QED) is 0.618. The van der Waals surface area contributed by atoms with E-state index in [1.54, 1.807) is 18.2 Å². The number of hydrogen-bond donors (Lipinski definition) is 0. The minimum atomic E-state index is -4.10. The molecule has 0 aliphatic rings. The minimum Gasteiger partial charge on any atom is -0.495 e. The third kappa shape index (κ3) is 4.84. The SMILES string of the molecule is CCOc1ccc(S(=O)(=O)N(CC(=O)OC)c2cc(Cl)ccc2OC)cc1. The predicted molar refractivity (Wildman–Crippen MR) is 102 cm³/mol. The van der Waals surface area contributed by atoms with Gasteiger partial charge in [0, 0.05) is 5.02 Å². The lowest BCUT2D eigenvalue weighted by molar-refractivity contribution is -0.138. The van der Waals surface area contributed by atoms with Crippen LogP contribution < -0.4 is 13.8 Å². The lowest BCUT2D eigenvalue weighted by Gasteiger charge is -2.25. The highest BCUT2D eigenvalue weighted by Gasteiger charge is 2.30. The van der Waals surface area contributed by atoms with Crippen molar-refractivity contribution in [2.45, 2.75) is 11.8 Å². The van der Waals surface area contributed by atoms with Gasteiger partial charge in [-0.05, 0) is 49.4 Å². The molecule has 2 rings (SSSR count). The Hall–Kier alpha value is -2.45. The van der Waals surface area contributed by atoms with Crippen molar-refractivity contribution in [3.8, 4) is 11.5 Å². The molecule has 0 aliphatic heterocycles. The molecule has 0 saturated carbocycles. The third-order valence-corrected chi connectivity index (χ3v) is 5.64. The van der Waals surface area contributed by atoms with E-state index in [9.17, 15) is 13.2 Å².